The standard InChI is InChI=1S/C17H23NO4/c19-14(12-5-6-16-17(9-12)22-11-21-16)10-18-7-8-20-15-4-2-1-3-13(15)18/h5-6,9,13-15,19H,1-4,7-8,10-11H2. The minimum absolute atomic E-state index is 0.266. The van der Waals surface area contributed by atoms with E-state index in [1.165, 1.54) is 19.3 Å². The molecule has 0 bridgehead atoms. The molecule has 22 heavy (non-hydrogen) atoms. The zero-order chi connectivity index (χ0) is 14.9. The number of hydrogen-bond donors (Lipinski definition) is 1. The highest BCUT2D eigenvalue weighted by molar-refractivity contribution is 5.45. The van der Waals surface area contributed by atoms with Crippen LogP contribution in [-0.4, -0.2) is 48.6 Å². The molecule has 0 amide bonds. The van der Waals surface area contributed by atoms with Gasteiger partial charge in [0.2, 0.25) is 6.79 Å². The highest BCUT2D eigenvalue weighted by atomic mass is 16.7. The maximum absolute atomic E-state index is 10.6. The molecule has 1 saturated carbocycles. The number of β-amino-alcohol motifs (C(OH)–C–C–N with tert-alkyl or cyclic N) is 1. The second-order valence-corrected chi connectivity index (χ2v) is 6.38. The Bertz CT molecular complexity index is 533. The first-order chi connectivity index (χ1) is 10.8. The number of fused-ring (bicyclic) bond motifs is 2. The van der Waals surface area contributed by atoms with Gasteiger partial charge in [-0.05, 0) is 30.5 Å². The van der Waals surface area contributed by atoms with Crippen molar-refractivity contribution in [1.82, 2.24) is 4.90 Å². The van der Waals surface area contributed by atoms with Crippen LogP contribution in [0.5, 0.6) is 11.5 Å². The van der Waals surface area contributed by atoms with Crippen molar-refractivity contribution in [2.75, 3.05) is 26.5 Å². The highest BCUT2D eigenvalue weighted by Crippen LogP contribution is 2.35. The van der Waals surface area contributed by atoms with Crippen molar-refractivity contribution in [2.24, 2.45) is 0 Å². The summed E-state index contributed by atoms with van der Waals surface area (Å²) < 4.78 is 16.6. The Morgan fingerprint density at radius 1 is 1.18 bits per heavy atom. The summed E-state index contributed by atoms with van der Waals surface area (Å²) in [6, 6.07) is 6.16. The maximum atomic E-state index is 10.6. The Balaban J connectivity index is 1.45. The Labute approximate surface area is 130 Å². The largest absolute Gasteiger partial charge is 0.454 e. The number of benzene rings is 1. The van der Waals surface area contributed by atoms with Crippen LogP contribution >= 0.6 is 0 Å². The van der Waals surface area contributed by atoms with Gasteiger partial charge in [-0.15, -0.1) is 0 Å². The Morgan fingerprint density at radius 2 is 2.05 bits per heavy atom. The lowest BCUT2D eigenvalue weighted by Gasteiger charge is -2.44. The average molecular weight is 305 g/mol. The molecule has 1 aromatic rings. The van der Waals surface area contributed by atoms with Crippen LogP contribution in [0, 0.1) is 0 Å². The first kappa shape index (κ1) is 14.3. The number of rotatable bonds is 3. The van der Waals surface area contributed by atoms with Crippen molar-refractivity contribution < 1.29 is 19.3 Å². The molecule has 1 aliphatic carbocycles. The van der Waals surface area contributed by atoms with Crippen molar-refractivity contribution >= 4 is 0 Å². The molecule has 0 spiro atoms. The highest BCUT2D eigenvalue weighted by Gasteiger charge is 2.35. The van der Waals surface area contributed by atoms with Crippen molar-refractivity contribution in [1.29, 1.82) is 0 Å². The molecule has 1 N–H and O–H groups in total. The fourth-order valence-electron chi connectivity index (χ4n) is 3.85. The van der Waals surface area contributed by atoms with E-state index in [0.717, 1.165) is 36.6 Å². The third-order valence-corrected chi connectivity index (χ3v) is 5.04. The number of hydrogen-bond acceptors (Lipinski definition) is 5. The predicted molar refractivity (Wildman–Crippen MR) is 81.1 cm³/mol. The van der Waals surface area contributed by atoms with E-state index in [-0.39, 0.29) is 6.79 Å². The van der Waals surface area contributed by atoms with E-state index in [4.69, 9.17) is 14.2 Å². The minimum Gasteiger partial charge on any atom is -0.454 e. The first-order valence-electron chi connectivity index (χ1n) is 8.24. The number of nitrogens with zero attached hydrogens (tertiary/aromatic N) is 1. The fraction of sp³-hybridized carbons (Fsp3) is 0.647. The van der Waals surface area contributed by atoms with Gasteiger partial charge in [0.1, 0.15) is 0 Å². The van der Waals surface area contributed by atoms with Gasteiger partial charge in [-0.25, -0.2) is 0 Å². The molecular formula is C17H23NO4. The van der Waals surface area contributed by atoms with Crippen molar-refractivity contribution in [3.05, 3.63) is 23.8 Å². The third kappa shape index (κ3) is 2.69. The lowest BCUT2D eigenvalue weighted by molar-refractivity contribution is -0.0975. The lowest BCUT2D eigenvalue weighted by atomic mass is 9.89. The van der Waals surface area contributed by atoms with Crippen LogP contribution < -0.4 is 9.47 Å². The van der Waals surface area contributed by atoms with Crippen molar-refractivity contribution in [3.8, 4) is 11.5 Å². The molecule has 4 rings (SSSR count). The summed E-state index contributed by atoms with van der Waals surface area (Å²) in [6.07, 6.45) is 4.71. The minimum atomic E-state index is -0.504. The van der Waals surface area contributed by atoms with E-state index in [2.05, 4.69) is 4.90 Å². The summed E-state index contributed by atoms with van der Waals surface area (Å²) in [5, 5.41) is 10.6. The average Bonchev–Trinajstić information content (AvgIpc) is 3.02. The molecule has 120 valence electrons. The molecule has 3 aliphatic rings. The second kappa shape index (κ2) is 6.07. The molecule has 2 fully saturated rings. The van der Waals surface area contributed by atoms with Gasteiger partial charge in [-0.1, -0.05) is 18.9 Å². The molecule has 2 aliphatic heterocycles. The number of morpholine rings is 1. The summed E-state index contributed by atoms with van der Waals surface area (Å²) in [7, 11) is 0. The molecule has 1 aromatic carbocycles. The van der Waals surface area contributed by atoms with Crippen LogP contribution in [-0.2, 0) is 4.74 Å². The summed E-state index contributed by atoms with van der Waals surface area (Å²) >= 11 is 0. The molecule has 3 atom stereocenters. The van der Waals surface area contributed by atoms with E-state index in [1.54, 1.807) is 0 Å². The normalized spacial score (nSPS) is 29.1. The van der Waals surface area contributed by atoms with Crippen molar-refractivity contribution in [3.63, 3.8) is 0 Å². The topological polar surface area (TPSA) is 51.2 Å². The fourth-order valence-corrected chi connectivity index (χ4v) is 3.85. The molecule has 2 heterocycles. The molecule has 0 aromatic heterocycles. The molecule has 3 unspecified atom stereocenters. The van der Waals surface area contributed by atoms with Crippen LogP contribution in [0.1, 0.15) is 37.4 Å². The SMILES string of the molecule is OC(CN1CCOC2CCCCC21)c1ccc2c(c1)OCO2. The summed E-state index contributed by atoms with van der Waals surface area (Å²) in [5.74, 6) is 1.49. The van der Waals surface area contributed by atoms with Crippen LogP contribution in [0.25, 0.3) is 0 Å². The van der Waals surface area contributed by atoms with Crippen molar-refractivity contribution in [2.45, 2.75) is 43.9 Å². The lowest BCUT2D eigenvalue weighted by Crippen LogP contribution is -2.53. The van der Waals surface area contributed by atoms with Gasteiger partial charge in [0.05, 0.1) is 18.8 Å². The zero-order valence-electron chi connectivity index (χ0n) is 12.7. The zero-order valence-corrected chi connectivity index (χ0v) is 12.7. The van der Waals surface area contributed by atoms with E-state index in [1.807, 2.05) is 18.2 Å². The summed E-state index contributed by atoms with van der Waals surface area (Å²) in [6.45, 7) is 2.60. The number of aliphatic hydroxyl groups excluding tert-OH is 1. The molecule has 5 nitrogen and oxygen atoms in total. The van der Waals surface area contributed by atoms with Gasteiger partial charge in [-0.2, -0.15) is 0 Å². The summed E-state index contributed by atoms with van der Waals surface area (Å²) in [5.41, 5.74) is 0.892. The smallest absolute Gasteiger partial charge is 0.231 e. The van der Waals surface area contributed by atoms with Crippen LogP contribution in [0.4, 0.5) is 0 Å². The molecule has 1 saturated heterocycles. The van der Waals surface area contributed by atoms with Crippen LogP contribution in [0.15, 0.2) is 18.2 Å². The van der Waals surface area contributed by atoms with Gasteiger partial charge >= 0.3 is 0 Å². The number of aliphatic hydroxyl groups is 1. The second-order valence-electron chi connectivity index (χ2n) is 6.38. The van der Waals surface area contributed by atoms with E-state index in [9.17, 15) is 5.11 Å². The van der Waals surface area contributed by atoms with E-state index >= 15 is 0 Å². The van der Waals surface area contributed by atoms with Gasteiger partial charge in [-0.3, -0.25) is 4.90 Å². The van der Waals surface area contributed by atoms with E-state index < -0.39 is 6.10 Å². The number of ether oxygens (including phenoxy) is 3. The molecular weight excluding hydrogens is 282 g/mol. The summed E-state index contributed by atoms with van der Waals surface area (Å²) in [4.78, 5) is 2.41. The van der Waals surface area contributed by atoms with Gasteiger partial charge in [0, 0.05) is 19.1 Å². The van der Waals surface area contributed by atoms with Gasteiger partial charge in [0.15, 0.2) is 11.5 Å². The molecule has 5 heteroatoms. The Morgan fingerprint density at radius 3 is 3.00 bits per heavy atom. The first-order valence-corrected chi connectivity index (χ1v) is 8.24. The molecule has 0 radical (unpaired) electrons. The third-order valence-electron chi connectivity index (χ3n) is 5.04. The van der Waals surface area contributed by atoms with E-state index in [0.29, 0.717) is 18.7 Å². The Hall–Kier alpha value is -1.30. The monoisotopic (exact) mass is 305 g/mol. The Kier molecular flexibility index (Phi) is 3.94. The maximum Gasteiger partial charge on any atom is 0.231 e. The predicted octanol–water partition coefficient (Wildman–Crippen LogP) is 2.09. The quantitative estimate of drug-likeness (QED) is 0.927. The van der Waals surface area contributed by atoms with Crippen LogP contribution in [0.3, 0.4) is 0 Å². The van der Waals surface area contributed by atoms with Gasteiger partial charge < -0.3 is 19.3 Å². The van der Waals surface area contributed by atoms with Gasteiger partial charge in [0.25, 0.3) is 0 Å². The van der Waals surface area contributed by atoms with Crippen LogP contribution in [0.2, 0.25) is 0 Å².